The van der Waals surface area contributed by atoms with Gasteiger partial charge in [-0.25, -0.2) is 0 Å². The molecule has 0 aliphatic carbocycles. The van der Waals surface area contributed by atoms with Crippen molar-refractivity contribution in [3.05, 3.63) is 28.2 Å². The van der Waals surface area contributed by atoms with Crippen LogP contribution in [0.5, 0.6) is 0 Å². The Bertz CT molecular complexity index is 405. The van der Waals surface area contributed by atoms with Crippen molar-refractivity contribution in [2.24, 2.45) is 5.92 Å². The third kappa shape index (κ3) is 3.07. The fourth-order valence-electron chi connectivity index (χ4n) is 2.66. The summed E-state index contributed by atoms with van der Waals surface area (Å²) in [5.74, 6) is 0.821. The summed E-state index contributed by atoms with van der Waals surface area (Å²) in [4.78, 5) is 2.47. The van der Waals surface area contributed by atoms with E-state index in [0.717, 1.165) is 29.0 Å². The molecular formula is C15H22BrNO. The summed E-state index contributed by atoms with van der Waals surface area (Å²) in [6.45, 7) is 6.38. The maximum absolute atomic E-state index is 9.60. The molecule has 1 heterocycles. The van der Waals surface area contributed by atoms with Gasteiger partial charge < -0.3 is 10.0 Å². The van der Waals surface area contributed by atoms with Crippen LogP contribution in [0, 0.1) is 5.92 Å². The Morgan fingerprint density at radius 1 is 1.50 bits per heavy atom. The van der Waals surface area contributed by atoms with Crippen LogP contribution in [-0.2, 0) is 0 Å². The zero-order valence-electron chi connectivity index (χ0n) is 11.2. The Morgan fingerprint density at radius 3 is 2.89 bits per heavy atom. The number of anilines is 1. The van der Waals surface area contributed by atoms with Crippen LogP contribution in [0.1, 0.15) is 44.8 Å². The summed E-state index contributed by atoms with van der Waals surface area (Å²) in [5, 5.41) is 9.60. The van der Waals surface area contributed by atoms with Crippen molar-refractivity contribution >= 4 is 21.6 Å². The van der Waals surface area contributed by atoms with Crippen LogP contribution in [0.15, 0.2) is 22.7 Å². The SMILES string of the molecule is CCC1CCCN(c2ccc([C@H](C)O)cc2Br)C1. The fraction of sp³-hybridized carbons (Fsp3) is 0.600. The maximum atomic E-state index is 9.60. The van der Waals surface area contributed by atoms with E-state index in [4.69, 9.17) is 0 Å². The number of halogens is 1. The molecule has 2 nitrogen and oxygen atoms in total. The molecule has 1 aliphatic rings. The molecule has 2 rings (SSSR count). The first-order valence-corrected chi connectivity index (χ1v) is 7.63. The third-order valence-electron chi connectivity index (χ3n) is 3.89. The van der Waals surface area contributed by atoms with E-state index in [1.165, 1.54) is 24.9 Å². The number of nitrogens with zero attached hydrogens (tertiary/aromatic N) is 1. The van der Waals surface area contributed by atoms with Crippen LogP contribution < -0.4 is 4.90 Å². The van der Waals surface area contributed by atoms with Crippen molar-refractivity contribution in [1.82, 2.24) is 0 Å². The lowest BCUT2D eigenvalue weighted by molar-refractivity contribution is 0.199. The summed E-state index contributed by atoms with van der Waals surface area (Å²) in [5.41, 5.74) is 2.23. The molecule has 0 amide bonds. The van der Waals surface area contributed by atoms with Crippen LogP contribution in [-0.4, -0.2) is 18.2 Å². The standard InChI is InChI=1S/C15H22BrNO/c1-3-12-5-4-8-17(10-12)15-7-6-13(11(2)18)9-14(15)16/h6-7,9,11-12,18H,3-5,8,10H2,1-2H3/t11-,12?/m0/s1. The van der Waals surface area contributed by atoms with E-state index in [1.807, 2.05) is 12.1 Å². The highest BCUT2D eigenvalue weighted by Gasteiger charge is 2.20. The molecule has 0 aromatic heterocycles. The molecule has 0 bridgehead atoms. The van der Waals surface area contributed by atoms with Gasteiger partial charge in [0, 0.05) is 17.6 Å². The molecule has 2 atom stereocenters. The smallest absolute Gasteiger partial charge is 0.0762 e. The second-order valence-electron chi connectivity index (χ2n) is 5.25. The average molecular weight is 312 g/mol. The predicted molar refractivity (Wildman–Crippen MR) is 80.0 cm³/mol. The molecule has 1 unspecified atom stereocenters. The minimum absolute atomic E-state index is 0.403. The minimum Gasteiger partial charge on any atom is -0.389 e. The first-order chi connectivity index (χ1) is 8.61. The third-order valence-corrected chi connectivity index (χ3v) is 4.53. The normalized spacial score (nSPS) is 22.0. The van der Waals surface area contributed by atoms with Gasteiger partial charge >= 0.3 is 0 Å². The van der Waals surface area contributed by atoms with Gasteiger partial charge in [-0.15, -0.1) is 0 Å². The molecule has 1 saturated heterocycles. The number of benzene rings is 1. The van der Waals surface area contributed by atoms with E-state index in [-0.39, 0.29) is 0 Å². The molecular weight excluding hydrogens is 290 g/mol. The Hall–Kier alpha value is -0.540. The Balaban J connectivity index is 2.17. The number of hydrogen-bond donors (Lipinski definition) is 1. The van der Waals surface area contributed by atoms with Gasteiger partial charge in [0.2, 0.25) is 0 Å². The Kier molecular flexibility index (Phi) is 4.68. The summed E-state index contributed by atoms with van der Waals surface area (Å²) >= 11 is 3.64. The van der Waals surface area contributed by atoms with Gasteiger partial charge in [-0.05, 0) is 59.3 Å². The van der Waals surface area contributed by atoms with E-state index >= 15 is 0 Å². The lowest BCUT2D eigenvalue weighted by Gasteiger charge is -2.34. The van der Waals surface area contributed by atoms with Crippen molar-refractivity contribution in [1.29, 1.82) is 0 Å². The zero-order chi connectivity index (χ0) is 13.1. The quantitative estimate of drug-likeness (QED) is 0.907. The zero-order valence-corrected chi connectivity index (χ0v) is 12.8. The van der Waals surface area contributed by atoms with Crippen molar-refractivity contribution < 1.29 is 5.11 Å². The molecule has 1 aliphatic heterocycles. The predicted octanol–water partition coefficient (Wildman–Crippen LogP) is 4.13. The van der Waals surface area contributed by atoms with E-state index in [1.54, 1.807) is 6.92 Å². The van der Waals surface area contributed by atoms with Gasteiger partial charge in [-0.2, -0.15) is 0 Å². The molecule has 0 radical (unpaired) electrons. The monoisotopic (exact) mass is 311 g/mol. The molecule has 0 saturated carbocycles. The van der Waals surface area contributed by atoms with Crippen LogP contribution in [0.4, 0.5) is 5.69 Å². The molecule has 0 spiro atoms. The largest absolute Gasteiger partial charge is 0.389 e. The maximum Gasteiger partial charge on any atom is 0.0762 e. The lowest BCUT2D eigenvalue weighted by Crippen LogP contribution is -2.35. The van der Waals surface area contributed by atoms with Crippen molar-refractivity contribution in [2.75, 3.05) is 18.0 Å². The Labute approximate surface area is 118 Å². The van der Waals surface area contributed by atoms with Crippen molar-refractivity contribution in [2.45, 2.75) is 39.2 Å². The number of piperidine rings is 1. The average Bonchev–Trinajstić information content (AvgIpc) is 2.38. The van der Waals surface area contributed by atoms with Gasteiger partial charge in [0.15, 0.2) is 0 Å². The fourth-order valence-corrected chi connectivity index (χ4v) is 3.30. The molecule has 18 heavy (non-hydrogen) atoms. The van der Waals surface area contributed by atoms with Crippen molar-refractivity contribution in [3.63, 3.8) is 0 Å². The second-order valence-corrected chi connectivity index (χ2v) is 6.10. The molecule has 1 aromatic carbocycles. The molecule has 1 N–H and O–H groups in total. The van der Waals surface area contributed by atoms with E-state index in [2.05, 4.69) is 33.8 Å². The van der Waals surface area contributed by atoms with E-state index < -0.39 is 6.10 Å². The summed E-state index contributed by atoms with van der Waals surface area (Å²) in [6, 6.07) is 6.19. The molecule has 1 fully saturated rings. The molecule has 100 valence electrons. The molecule has 3 heteroatoms. The van der Waals surface area contributed by atoms with Gasteiger partial charge in [0.25, 0.3) is 0 Å². The van der Waals surface area contributed by atoms with Gasteiger partial charge in [0.1, 0.15) is 0 Å². The first-order valence-electron chi connectivity index (χ1n) is 6.84. The topological polar surface area (TPSA) is 23.5 Å². The Morgan fingerprint density at radius 2 is 2.28 bits per heavy atom. The summed E-state index contributed by atoms with van der Waals surface area (Å²) in [6.07, 6.45) is 3.50. The van der Waals surface area contributed by atoms with Crippen LogP contribution in [0.2, 0.25) is 0 Å². The van der Waals surface area contributed by atoms with Gasteiger partial charge in [0.05, 0.1) is 11.8 Å². The number of aliphatic hydroxyl groups is 1. The van der Waals surface area contributed by atoms with E-state index in [9.17, 15) is 5.11 Å². The summed E-state index contributed by atoms with van der Waals surface area (Å²) < 4.78 is 1.10. The highest BCUT2D eigenvalue weighted by Crippen LogP contribution is 2.32. The van der Waals surface area contributed by atoms with E-state index in [0.29, 0.717) is 0 Å². The lowest BCUT2D eigenvalue weighted by atomic mass is 9.95. The highest BCUT2D eigenvalue weighted by atomic mass is 79.9. The van der Waals surface area contributed by atoms with Gasteiger partial charge in [-0.3, -0.25) is 0 Å². The molecule has 1 aromatic rings. The number of hydrogen-bond acceptors (Lipinski definition) is 2. The van der Waals surface area contributed by atoms with Gasteiger partial charge in [-0.1, -0.05) is 19.4 Å². The summed E-state index contributed by atoms with van der Waals surface area (Å²) in [7, 11) is 0. The first kappa shape index (κ1) is 13.9. The van der Waals surface area contributed by atoms with Crippen LogP contribution >= 0.6 is 15.9 Å². The number of aliphatic hydroxyl groups excluding tert-OH is 1. The minimum atomic E-state index is -0.403. The number of rotatable bonds is 3. The van der Waals surface area contributed by atoms with Crippen LogP contribution in [0.25, 0.3) is 0 Å². The second kappa shape index (κ2) is 6.07. The highest BCUT2D eigenvalue weighted by molar-refractivity contribution is 9.10. The van der Waals surface area contributed by atoms with Crippen LogP contribution in [0.3, 0.4) is 0 Å². The van der Waals surface area contributed by atoms with Crippen molar-refractivity contribution in [3.8, 4) is 0 Å².